The standard InChI is InChI=1S/C11H12ClF2NO/c12-8-3-1-2-7(10(8)11(13)14)9-6-15-4-5-16-9/h1-3,9,11,15H,4-6H2. The highest BCUT2D eigenvalue weighted by Crippen LogP contribution is 2.34. The number of morpholine rings is 1. The normalized spacial score (nSPS) is 21.4. The highest BCUT2D eigenvalue weighted by Gasteiger charge is 2.24. The summed E-state index contributed by atoms with van der Waals surface area (Å²) in [6.45, 7) is 1.82. The molecule has 1 unspecified atom stereocenters. The average Bonchev–Trinajstić information content (AvgIpc) is 2.29. The molecule has 0 bridgehead atoms. The predicted molar refractivity (Wildman–Crippen MR) is 58.0 cm³/mol. The fourth-order valence-electron chi connectivity index (χ4n) is 1.83. The third-order valence-corrected chi connectivity index (χ3v) is 2.91. The van der Waals surface area contributed by atoms with E-state index in [0.717, 1.165) is 6.54 Å². The summed E-state index contributed by atoms with van der Waals surface area (Å²) in [7, 11) is 0. The summed E-state index contributed by atoms with van der Waals surface area (Å²) in [4.78, 5) is 0. The van der Waals surface area contributed by atoms with Crippen LogP contribution in [-0.4, -0.2) is 19.7 Å². The van der Waals surface area contributed by atoms with E-state index in [0.29, 0.717) is 18.7 Å². The Kier molecular flexibility index (Phi) is 3.74. The van der Waals surface area contributed by atoms with Gasteiger partial charge in [0.1, 0.15) is 0 Å². The summed E-state index contributed by atoms with van der Waals surface area (Å²) >= 11 is 5.79. The zero-order valence-corrected chi connectivity index (χ0v) is 9.31. The molecule has 2 nitrogen and oxygen atoms in total. The number of benzene rings is 1. The smallest absolute Gasteiger partial charge is 0.265 e. The lowest BCUT2D eigenvalue weighted by atomic mass is 10.0. The van der Waals surface area contributed by atoms with E-state index in [-0.39, 0.29) is 16.7 Å². The molecule has 0 amide bonds. The van der Waals surface area contributed by atoms with Crippen molar-refractivity contribution in [2.45, 2.75) is 12.5 Å². The molecule has 1 aromatic rings. The van der Waals surface area contributed by atoms with Gasteiger partial charge in [0, 0.05) is 23.7 Å². The van der Waals surface area contributed by atoms with E-state index in [1.54, 1.807) is 12.1 Å². The fraction of sp³-hybridized carbons (Fsp3) is 0.455. The SMILES string of the molecule is FC(F)c1c(Cl)cccc1C1CNCCO1. The first kappa shape index (κ1) is 11.8. The van der Waals surface area contributed by atoms with Gasteiger partial charge in [-0.25, -0.2) is 8.78 Å². The molecule has 0 saturated carbocycles. The monoisotopic (exact) mass is 247 g/mol. The molecule has 0 spiro atoms. The first-order chi connectivity index (χ1) is 7.70. The second-order valence-electron chi connectivity index (χ2n) is 3.61. The van der Waals surface area contributed by atoms with Crippen molar-refractivity contribution in [3.8, 4) is 0 Å². The van der Waals surface area contributed by atoms with Crippen molar-refractivity contribution in [2.24, 2.45) is 0 Å². The molecule has 88 valence electrons. The van der Waals surface area contributed by atoms with E-state index in [4.69, 9.17) is 16.3 Å². The van der Waals surface area contributed by atoms with Gasteiger partial charge < -0.3 is 10.1 Å². The minimum Gasteiger partial charge on any atom is -0.371 e. The Labute approximate surface area is 97.5 Å². The first-order valence-corrected chi connectivity index (χ1v) is 5.46. The minimum absolute atomic E-state index is 0.0988. The zero-order chi connectivity index (χ0) is 11.5. The molecule has 1 N–H and O–H groups in total. The summed E-state index contributed by atoms with van der Waals surface area (Å²) in [5.74, 6) is 0. The molecular weight excluding hydrogens is 236 g/mol. The van der Waals surface area contributed by atoms with Crippen LogP contribution in [0.25, 0.3) is 0 Å². The van der Waals surface area contributed by atoms with E-state index in [2.05, 4.69) is 5.32 Å². The minimum atomic E-state index is -2.57. The van der Waals surface area contributed by atoms with Crippen LogP contribution in [0.5, 0.6) is 0 Å². The van der Waals surface area contributed by atoms with Crippen molar-refractivity contribution < 1.29 is 13.5 Å². The molecule has 0 aromatic heterocycles. The number of ether oxygens (including phenoxy) is 1. The van der Waals surface area contributed by atoms with Gasteiger partial charge in [-0.1, -0.05) is 23.7 Å². The predicted octanol–water partition coefficient (Wildman–Crippen LogP) is 2.94. The fourth-order valence-corrected chi connectivity index (χ4v) is 2.09. The van der Waals surface area contributed by atoms with Crippen LogP contribution in [0, 0.1) is 0 Å². The zero-order valence-electron chi connectivity index (χ0n) is 8.55. The van der Waals surface area contributed by atoms with Crippen molar-refractivity contribution in [1.29, 1.82) is 0 Å². The summed E-state index contributed by atoms with van der Waals surface area (Å²) in [6.07, 6.45) is -2.91. The van der Waals surface area contributed by atoms with Gasteiger partial charge in [0.05, 0.1) is 12.7 Å². The molecule has 5 heteroatoms. The Morgan fingerprint density at radius 2 is 2.25 bits per heavy atom. The number of hydrogen-bond acceptors (Lipinski definition) is 2. The van der Waals surface area contributed by atoms with E-state index >= 15 is 0 Å². The van der Waals surface area contributed by atoms with Gasteiger partial charge in [-0.05, 0) is 11.6 Å². The largest absolute Gasteiger partial charge is 0.371 e. The summed E-state index contributed by atoms with van der Waals surface area (Å²) in [6, 6.07) is 4.79. The quantitative estimate of drug-likeness (QED) is 0.868. The van der Waals surface area contributed by atoms with Crippen LogP contribution in [-0.2, 0) is 4.74 Å². The first-order valence-electron chi connectivity index (χ1n) is 5.09. The molecule has 1 saturated heterocycles. The van der Waals surface area contributed by atoms with Crippen LogP contribution in [0.4, 0.5) is 8.78 Å². The molecule has 1 atom stereocenters. The van der Waals surface area contributed by atoms with Crippen LogP contribution < -0.4 is 5.32 Å². The van der Waals surface area contributed by atoms with Crippen molar-refractivity contribution in [2.75, 3.05) is 19.7 Å². The second-order valence-corrected chi connectivity index (χ2v) is 4.01. The molecule has 0 aliphatic carbocycles. The van der Waals surface area contributed by atoms with Crippen molar-refractivity contribution in [3.05, 3.63) is 34.3 Å². The molecule has 1 aromatic carbocycles. The van der Waals surface area contributed by atoms with Crippen LogP contribution in [0.3, 0.4) is 0 Å². The van der Waals surface area contributed by atoms with Crippen molar-refractivity contribution in [3.63, 3.8) is 0 Å². The maximum Gasteiger partial charge on any atom is 0.265 e. The van der Waals surface area contributed by atoms with E-state index in [1.807, 2.05) is 0 Å². The molecule has 2 rings (SSSR count). The Hall–Kier alpha value is -0.710. The van der Waals surface area contributed by atoms with Gasteiger partial charge in [0.2, 0.25) is 0 Å². The van der Waals surface area contributed by atoms with Gasteiger partial charge in [-0.2, -0.15) is 0 Å². The molecule has 1 fully saturated rings. The van der Waals surface area contributed by atoms with Crippen molar-refractivity contribution >= 4 is 11.6 Å². The van der Waals surface area contributed by atoms with E-state index in [9.17, 15) is 8.78 Å². The van der Waals surface area contributed by atoms with E-state index < -0.39 is 6.43 Å². The number of halogens is 3. The second kappa shape index (κ2) is 5.08. The summed E-state index contributed by atoms with van der Waals surface area (Å²) in [5, 5.41) is 3.20. The molecule has 1 aliphatic heterocycles. The van der Waals surface area contributed by atoms with Crippen LogP contribution in [0.1, 0.15) is 23.7 Å². The number of rotatable bonds is 2. The van der Waals surface area contributed by atoms with Gasteiger partial charge in [-0.3, -0.25) is 0 Å². The Morgan fingerprint density at radius 1 is 1.44 bits per heavy atom. The lowest BCUT2D eigenvalue weighted by Crippen LogP contribution is -2.33. The molecule has 16 heavy (non-hydrogen) atoms. The highest BCUT2D eigenvalue weighted by molar-refractivity contribution is 6.31. The van der Waals surface area contributed by atoms with Crippen LogP contribution in [0.15, 0.2) is 18.2 Å². The summed E-state index contributed by atoms with van der Waals surface area (Å²) in [5.41, 5.74) is 0.368. The number of nitrogens with one attached hydrogen (secondary N) is 1. The lowest BCUT2D eigenvalue weighted by molar-refractivity contribution is 0.0246. The maximum absolute atomic E-state index is 12.9. The van der Waals surface area contributed by atoms with Crippen LogP contribution in [0.2, 0.25) is 5.02 Å². The van der Waals surface area contributed by atoms with Crippen LogP contribution >= 0.6 is 11.6 Å². The topological polar surface area (TPSA) is 21.3 Å². The summed E-state index contributed by atoms with van der Waals surface area (Å²) < 4.78 is 31.2. The van der Waals surface area contributed by atoms with E-state index in [1.165, 1.54) is 6.07 Å². The maximum atomic E-state index is 12.9. The Morgan fingerprint density at radius 3 is 2.88 bits per heavy atom. The molecular formula is C11H12ClF2NO. The lowest BCUT2D eigenvalue weighted by Gasteiger charge is -2.26. The highest BCUT2D eigenvalue weighted by atomic mass is 35.5. The third kappa shape index (κ3) is 2.34. The van der Waals surface area contributed by atoms with Crippen molar-refractivity contribution in [1.82, 2.24) is 5.32 Å². The molecule has 0 radical (unpaired) electrons. The Balaban J connectivity index is 2.34. The number of hydrogen-bond donors (Lipinski definition) is 1. The van der Waals surface area contributed by atoms with Gasteiger partial charge in [0.25, 0.3) is 6.43 Å². The number of alkyl halides is 2. The van der Waals surface area contributed by atoms with Gasteiger partial charge in [-0.15, -0.1) is 0 Å². The average molecular weight is 248 g/mol. The van der Waals surface area contributed by atoms with Gasteiger partial charge in [0.15, 0.2) is 0 Å². The molecule has 1 aliphatic rings. The van der Waals surface area contributed by atoms with Gasteiger partial charge >= 0.3 is 0 Å². The third-order valence-electron chi connectivity index (χ3n) is 2.58. The molecule has 1 heterocycles. The Bertz CT molecular complexity index is 367.